The minimum Gasteiger partial charge on any atom is -0.369 e. The highest BCUT2D eigenvalue weighted by Gasteiger charge is 2.14. The lowest BCUT2D eigenvalue weighted by Gasteiger charge is -2.10. The van der Waals surface area contributed by atoms with Gasteiger partial charge in [0.15, 0.2) is 6.19 Å². The van der Waals surface area contributed by atoms with Crippen molar-refractivity contribution in [1.82, 2.24) is 9.55 Å². The lowest BCUT2D eigenvalue weighted by molar-refractivity contribution is -0.117. The Balaban J connectivity index is 1.88. The molecule has 1 aromatic heterocycles. The summed E-state index contributed by atoms with van der Waals surface area (Å²) in [7, 11) is 0. The van der Waals surface area contributed by atoms with E-state index in [0.29, 0.717) is 13.0 Å². The van der Waals surface area contributed by atoms with Gasteiger partial charge in [-0.05, 0) is 23.3 Å². The predicted octanol–water partition coefficient (Wildman–Crippen LogP) is 2.44. The van der Waals surface area contributed by atoms with Crippen LogP contribution in [0.5, 0.6) is 0 Å². The molecule has 0 saturated carbocycles. The van der Waals surface area contributed by atoms with Gasteiger partial charge in [0.2, 0.25) is 5.91 Å². The molecule has 3 aromatic rings. The molecule has 0 unspecified atom stereocenters. The Bertz CT molecular complexity index is 940. The van der Waals surface area contributed by atoms with Crippen molar-refractivity contribution < 1.29 is 4.79 Å². The molecule has 130 valence electrons. The molecular weight excluding hydrogens is 326 g/mol. The third-order valence-electron chi connectivity index (χ3n) is 4.07. The zero-order valence-electron chi connectivity index (χ0n) is 14.2. The van der Waals surface area contributed by atoms with Gasteiger partial charge in [-0.25, -0.2) is 4.98 Å². The summed E-state index contributed by atoms with van der Waals surface area (Å²) in [6.45, 7) is 0.547. The van der Waals surface area contributed by atoms with Crippen LogP contribution in [-0.2, 0) is 24.2 Å². The molecule has 1 heterocycles. The van der Waals surface area contributed by atoms with E-state index in [0.717, 1.165) is 28.2 Å². The first-order chi connectivity index (χ1) is 12.7. The second kappa shape index (κ2) is 7.99. The molecule has 0 aliphatic rings. The van der Waals surface area contributed by atoms with Crippen LogP contribution < -0.4 is 11.1 Å². The number of amides is 1. The number of benzene rings is 2. The fourth-order valence-corrected chi connectivity index (χ4v) is 2.90. The van der Waals surface area contributed by atoms with Crippen LogP contribution in [0.4, 0.5) is 5.69 Å². The first-order valence-corrected chi connectivity index (χ1v) is 8.25. The fraction of sp³-hybridized carbons (Fsp3) is 0.150. The molecular formula is C20H19N5O. The average Bonchev–Trinajstić information content (AvgIpc) is 2.97. The Morgan fingerprint density at radius 1 is 1.15 bits per heavy atom. The second-order valence-corrected chi connectivity index (χ2v) is 6.01. The maximum absolute atomic E-state index is 11.6. The van der Waals surface area contributed by atoms with Gasteiger partial charge in [-0.1, -0.05) is 42.5 Å². The third kappa shape index (κ3) is 4.28. The van der Waals surface area contributed by atoms with Crippen LogP contribution in [0.25, 0.3) is 0 Å². The topological polar surface area (TPSA) is 96.7 Å². The molecule has 0 spiro atoms. The monoisotopic (exact) mass is 345 g/mol. The standard InChI is InChI=1S/C20H19N5O/c21-13-23-17-8-4-7-16(9-17)12-25-14-24-18(19(25)11-20(22)26)10-15-5-2-1-3-6-15/h1-9,14,23H,10-12H2,(H2,22,26). The number of nitriles is 1. The van der Waals surface area contributed by atoms with Crippen molar-refractivity contribution in [2.24, 2.45) is 5.73 Å². The highest BCUT2D eigenvalue weighted by molar-refractivity contribution is 5.76. The highest BCUT2D eigenvalue weighted by atomic mass is 16.1. The van der Waals surface area contributed by atoms with Crippen molar-refractivity contribution in [2.45, 2.75) is 19.4 Å². The Kier molecular flexibility index (Phi) is 5.30. The van der Waals surface area contributed by atoms with E-state index < -0.39 is 0 Å². The van der Waals surface area contributed by atoms with E-state index in [2.05, 4.69) is 10.3 Å². The molecule has 26 heavy (non-hydrogen) atoms. The van der Waals surface area contributed by atoms with Crippen molar-refractivity contribution in [1.29, 1.82) is 5.26 Å². The van der Waals surface area contributed by atoms with Crippen molar-refractivity contribution in [3.05, 3.63) is 83.4 Å². The average molecular weight is 345 g/mol. The normalized spacial score (nSPS) is 10.3. The highest BCUT2D eigenvalue weighted by Crippen LogP contribution is 2.17. The minimum absolute atomic E-state index is 0.137. The SMILES string of the molecule is N#CNc1cccc(Cn2cnc(Cc3ccccc3)c2CC(N)=O)c1. The molecule has 0 aliphatic heterocycles. The van der Waals surface area contributed by atoms with Gasteiger partial charge in [-0.15, -0.1) is 0 Å². The van der Waals surface area contributed by atoms with Crippen molar-refractivity contribution >= 4 is 11.6 Å². The molecule has 3 rings (SSSR count). The Morgan fingerprint density at radius 3 is 2.65 bits per heavy atom. The van der Waals surface area contributed by atoms with Crippen LogP contribution >= 0.6 is 0 Å². The Labute approximate surface area is 151 Å². The van der Waals surface area contributed by atoms with E-state index in [1.54, 1.807) is 6.33 Å². The van der Waals surface area contributed by atoms with Crippen LogP contribution in [0, 0.1) is 11.5 Å². The minimum atomic E-state index is -0.388. The molecule has 2 aromatic carbocycles. The summed E-state index contributed by atoms with van der Waals surface area (Å²) in [5.41, 5.74) is 9.97. The Morgan fingerprint density at radius 2 is 1.92 bits per heavy atom. The number of primary amides is 1. The number of nitrogens with two attached hydrogens (primary N) is 1. The predicted molar refractivity (Wildman–Crippen MR) is 99.2 cm³/mol. The summed E-state index contributed by atoms with van der Waals surface area (Å²) < 4.78 is 1.94. The number of hydrogen-bond acceptors (Lipinski definition) is 4. The number of rotatable bonds is 7. The second-order valence-electron chi connectivity index (χ2n) is 6.01. The third-order valence-corrected chi connectivity index (χ3v) is 4.07. The van der Waals surface area contributed by atoms with Crippen molar-refractivity contribution in [2.75, 3.05) is 5.32 Å². The van der Waals surface area contributed by atoms with Gasteiger partial charge in [-0.2, -0.15) is 5.26 Å². The fourth-order valence-electron chi connectivity index (χ4n) is 2.90. The van der Waals surface area contributed by atoms with Gasteiger partial charge in [0, 0.05) is 18.7 Å². The molecule has 0 fully saturated rings. The molecule has 3 N–H and O–H groups in total. The number of carbonyl (C=O) groups excluding carboxylic acids is 1. The maximum atomic E-state index is 11.6. The summed E-state index contributed by atoms with van der Waals surface area (Å²) >= 11 is 0. The quantitative estimate of drug-likeness (QED) is 0.508. The van der Waals surface area contributed by atoms with Gasteiger partial charge < -0.3 is 10.3 Å². The molecule has 0 aliphatic carbocycles. The lowest BCUT2D eigenvalue weighted by atomic mass is 10.1. The smallest absolute Gasteiger partial charge is 0.223 e. The number of nitrogens with one attached hydrogen (secondary N) is 1. The van der Waals surface area contributed by atoms with E-state index in [9.17, 15) is 4.79 Å². The molecule has 6 heteroatoms. The van der Waals surface area contributed by atoms with Crippen LogP contribution in [0.3, 0.4) is 0 Å². The molecule has 6 nitrogen and oxygen atoms in total. The first-order valence-electron chi connectivity index (χ1n) is 8.25. The van der Waals surface area contributed by atoms with E-state index >= 15 is 0 Å². The van der Waals surface area contributed by atoms with Gasteiger partial charge in [-0.3, -0.25) is 10.1 Å². The number of anilines is 1. The van der Waals surface area contributed by atoms with Gasteiger partial charge in [0.25, 0.3) is 0 Å². The van der Waals surface area contributed by atoms with E-state index in [-0.39, 0.29) is 12.3 Å². The number of nitrogens with zero attached hydrogens (tertiary/aromatic N) is 3. The van der Waals surface area contributed by atoms with Gasteiger partial charge in [0.05, 0.1) is 24.1 Å². The van der Waals surface area contributed by atoms with Gasteiger partial charge >= 0.3 is 0 Å². The maximum Gasteiger partial charge on any atom is 0.223 e. The van der Waals surface area contributed by atoms with Gasteiger partial charge in [0.1, 0.15) is 0 Å². The van der Waals surface area contributed by atoms with Crippen LogP contribution in [0.2, 0.25) is 0 Å². The largest absolute Gasteiger partial charge is 0.369 e. The first kappa shape index (κ1) is 17.2. The zero-order chi connectivity index (χ0) is 18.4. The zero-order valence-corrected chi connectivity index (χ0v) is 14.2. The van der Waals surface area contributed by atoms with E-state index in [1.165, 1.54) is 0 Å². The summed E-state index contributed by atoms with van der Waals surface area (Å²) in [4.78, 5) is 16.1. The molecule has 1 amide bonds. The summed E-state index contributed by atoms with van der Waals surface area (Å²) in [6.07, 6.45) is 4.43. The van der Waals surface area contributed by atoms with E-state index in [1.807, 2.05) is 65.4 Å². The molecule has 0 bridgehead atoms. The van der Waals surface area contributed by atoms with E-state index in [4.69, 9.17) is 11.0 Å². The summed E-state index contributed by atoms with van der Waals surface area (Å²) in [6, 6.07) is 17.6. The number of aromatic nitrogens is 2. The molecule has 0 radical (unpaired) electrons. The Hall–Kier alpha value is -3.59. The van der Waals surface area contributed by atoms with Crippen LogP contribution in [0.15, 0.2) is 60.9 Å². The number of hydrogen-bond donors (Lipinski definition) is 2. The van der Waals surface area contributed by atoms with Crippen LogP contribution in [-0.4, -0.2) is 15.5 Å². The number of imidazole rings is 1. The number of carbonyl (C=O) groups is 1. The molecule has 0 atom stereocenters. The summed E-state index contributed by atoms with van der Waals surface area (Å²) in [5.74, 6) is -0.388. The lowest BCUT2D eigenvalue weighted by Crippen LogP contribution is -2.18. The molecule has 0 saturated heterocycles. The summed E-state index contributed by atoms with van der Waals surface area (Å²) in [5, 5.41) is 11.4. The van der Waals surface area contributed by atoms with Crippen LogP contribution in [0.1, 0.15) is 22.5 Å². The van der Waals surface area contributed by atoms with Crippen molar-refractivity contribution in [3.8, 4) is 6.19 Å². The van der Waals surface area contributed by atoms with Crippen molar-refractivity contribution in [3.63, 3.8) is 0 Å².